The standard InChI is InChI=1S/C12H17NOS/c1-9(2)10-3-5-12(14,6-4-10)11-7-13-8-15-11/h3,5,7-10,14H,4,6H2,1-2H3. The van der Waals surface area contributed by atoms with E-state index >= 15 is 0 Å². The Morgan fingerprint density at radius 2 is 2.40 bits per heavy atom. The van der Waals surface area contributed by atoms with Crippen LogP contribution >= 0.6 is 11.3 Å². The molecule has 1 heterocycles. The highest BCUT2D eigenvalue weighted by molar-refractivity contribution is 7.09. The second-order valence-electron chi connectivity index (χ2n) is 4.60. The zero-order chi connectivity index (χ0) is 10.9. The van der Waals surface area contributed by atoms with Gasteiger partial charge >= 0.3 is 0 Å². The van der Waals surface area contributed by atoms with Crippen molar-refractivity contribution in [2.75, 3.05) is 0 Å². The summed E-state index contributed by atoms with van der Waals surface area (Å²) in [6, 6.07) is 0. The van der Waals surface area contributed by atoms with Crippen LogP contribution in [0.4, 0.5) is 0 Å². The van der Waals surface area contributed by atoms with Crippen LogP contribution in [-0.2, 0) is 5.60 Å². The van der Waals surface area contributed by atoms with Crippen molar-refractivity contribution >= 4 is 11.3 Å². The molecule has 0 amide bonds. The Kier molecular flexibility index (Phi) is 2.94. The van der Waals surface area contributed by atoms with Crippen LogP contribution < -0.4 is 0 Å². The monoisotopic (exact) mass is 223 g/mol. The Balaban J connectivity index is 2.17. The highest BCUT2D eigenvalue weighted by atomic mass is 32.1. The maximum absolute atomic E-state index is 10.4. The molecule has 1 aromatic heterocycles. The van der Waals surface area contributed by atoms with Gasteiger partial charge in [-0.05, 0) is 24.7 Å². The summed E-state index contributed by atoms with van der Waals surface area (Å²) in [5, 5.41) is 10.4. The van der Waals surface area contributed by atoms with Crippen LogP contribution in [0.25, 0.3) is 0 Å². The van der Waals surface area contributed by atoms with Crippen molar-refractivity contribution in [3.8, 4) is 0 Å². The number of thiazole rings is 1. The second-order valence-corrected chi connectivity index (χ2v) is 5.48. The van der Waals surface area contributed by atoms with Crippen LogP contribution in [0.5, 0.6) is 0 Å². The number of rotatable bonds is 2. The highest BCUT2D eigenvalue weighted by Crippen LogP contribution is 2.37. The van der Waals surface area contributed by atoms with E-state index in [1.807, 2.05) is 6.08 Å². The van der Waals surface area contributed by atoms with E-state index in [4.69, 9.17) is 0 Å². The van der Waals surface area contributed by atoms with E-state index in [-0.39, 0.29) is 0 Å². The van der Waals surface area contributed by atoms with Crippen LogP contribution in [0.1, 0.15) is 31.6 Å². The average Bonchev–Trinajstić information content (AvgIpc) is 2.71. The minimum absolute atomic E-state index is 0.609. The number of aromatic nitrogens is 1. The minimum atomic E-state index is -0.757. The molecule has 0 saturated carbocycles. The van der Waals surface area contributed by atoms with Gasteiger partial charge in [-0.3, -0.25) is 4.98 Å². The maximum atomic E-state index is 10.4. The zero-order valence-corrected chi connectivity index (χ0v) is 10.00. The van der Waals surface area contributed by atoms with Gasteiger partial charge in [0.25, 0.3) is 0 Å². The van der Waals surface area contributed by atoms with E-state index in [0.717, 1.165) is 17.7 Å². The third-order valence-corrected chi connectivity index (χ3v) is 4.13. The second kappa shape index (κ2) is 4.06. The molecule has 2 rings (SSSR count). The lowest BCUT2D eigenvalue weighted by Crippen LogP contribution is -2.27. The van der Waals surface area contributed by atoms with Crippen molar-refractivity contribution in [2.45, 2.75) is 32.3 Å². The molecule has 82 valence electrons. The molecule has 0 radical (unpaired) electrons. The van der Waals surface area contributed by atoms with Crippen molar-refractivity contribution in [2.24, 2.45) is 11.8 Å². The van der Waals surface area contributed by atoms with Gasteiger partial charge in [-0.2, -0.15) is 0 Å². The Labute approximate surface area is 94.7 Å². The fraction of sp³-hybridized carbons (Fsp3) is 0.583. The number of hydrogen-bond donors (Lipinski definition) is 1. The largest absolute Gasteiger partial charge is 0.380 e. The zero-order valence-electron chi connectivity index (χ0n) is 9.18. The quantitative estimate of drug-likeness (QED) is 0.782. The van der Waals surface area contributed by atoms with Gasteiger partial charge in [-0.1, -0.05) is 26.0 Å². The van der Waals surface area contributed by atoms with Crippen molar-refractivity contribution in [3.05, 3.63) is 28.7 Å². The summed E-state index contributed by atoms with van der Waals surface area (Å²) < 4.78 is 0. The van der Waals surface area contributed by atoms with Gasteiger partial charge in [-0.15, -0.1) is 11.3 Å². The summed E-state index contributed by atoms with van der Waals surface area (Å²) in [5.74, 6) is 1.27. The fourth-order valence-corrected chi connectivity index (χ4v) is 2.77. The first-order valence-corrected chi connectivity index (χ1v) is 6.30. The number of allylic oxidation sites excluding steroid dienone is 1. The molecule has 2 nitrogen and oxygen atoms in total. The maximum Gasteiger partial charge on any atom is 0.118 e. The molecule has 0 aromatic carbocycles. The van der Waals surface area contributed by atoms with Crippen LogP contribution in [0.15, 0.2) is 23.9 Å². The van der Waals surface area contributed by atoms with E-state index in [1.165, 1.54) is 11.3 Å². The first kappa shape index (κ1) is 10.8. The predicted octanol–water partition coefficient (Wildman–Crippen LogP) is 2.95. The molecular formula is C12H17NOS. The summed E-state index contributed by atoms with van der Waals surface area (Å²) in [6.07, 6.45) is 7.75. The normalized spacial score (nSPS) is 31.1. The lowest BCUT2D eigenvalue weighted by Gasteiger charge is -2.31. The average molecular weight is 223 g/mol. The van der Waals surface area contributed by atoms with Gasteiger partial charge in [0.1, 0.15) is 5.60 Å². The van der Waals surface area contributed by atoms with E-state index in [9.17, 15) is 5.11 Å². The molecule has 2 atom stereocenters. The van der Waals surface area contributed by atoms with Gasteiger partial charge in [0, 0.05) is 6.20 Å². The Bertz CT molecular complexity index is 345. The molecular weight excluding hydrogens is 206 g/mol. The Morgan fingerprint density at radius 3 is 2.87 bits per heavy atom. The smallest absolute Gasteiger partial charge is 0.118 e. The van der Waals surface area contributed by atoms with Crippen LogP contribution in [0, 0.1) is 11.8 Å². The number of nitrogens with zero attached hydrogens (tertiary/aromatic N) is 1. The topological polar surface area (TPSA) is 33.1 Å². The summed E-state index contributed by atoms with van der Waals surface area (Å²) in [6.45, 7) is 4.46. The SMILES string of the molecule is CC(C)C1C=CC(O)(c2cncs2)CC1. The number of hydrogen-bond acceptors (Lipinski definition) is 3. The first-order chi connectivity index (χ1) is 7.12. The van der Waals surface area contributed by atoms with Crippen LogP contribution in [-0.4, -0.2) is 10.1 Å². The number of aliphatic hydroxyl groups is 1. The van der Waals surface area contributed by atoms with Gasteiger partial charge in [-0.25, -0.2) is 0 Å². The molecule has 0 saturated heterocycles. The first-order valence-electron chi connectivity index (χ1n) is 5.42. The molecule has 0 aliphatic heterocycles. The Morgan fingerprint density at radius 1 is 1.60 bits per heavy atom. The van der Waals surface area contributed by atoms with Crippen LogP contribution in [0.3, 0.4) is 0 Å². The summed E-state index contributed by atoms with van der Waals surface area (Å²) in [7, 11) is 0. The lowest BCUT2D eigenvalue weighted by molar-refractivity contribution is 0.0664. The van der Waals surface area contributed by atoms with E-state index in [0.29, 0.717) is 11.8 Å². The van der Waals surface area contributed by atoms with Gasteiger partial charge < -0.3 is 5.11 Å². The highest BCUT2D eigenvalue weighted by Gasteiger charge is 2.32. The van der Waals surface area contributed by atoms with E-state index < -0.39 is 5.60 Å². The molecule has 1 aliphatic rings. The van der Waals surface area contributed by atoms with Gasteiger partial charge in [0.15, 0.2) is 0 Å². The summed E-state index contributed by atoms with van der Waals surface area (Å²) in [5.41, 5.74) is 1.02. The molecule has 15 heavy (non-hydrogen) atoms. The van der Waals surface area contributed by atoms with E-state index in [1.54, 1.807) is 11.7 Å². The van der Waals surface area contributed by atoms with Gasteiger partial charge in [0.2, 0.25) is 0 Å². The van der Waals surface area contributed by atoms with Gasteiger partial charge in [0.05, 0.1) is 10.4 Å². The van der Waals surface area contributed by atoms with E-state index in [2.05, 4.69) is 24.9 Å². The molecule has 1 aliphatic carbocycles. The molecule has 1 N–H and O–H groups in total. The van der Waals surface area contributed by atoms with Crippen molar-refractivity contribution in [1.82, 2.24) is 4.98 Å². The predicted molar refractivity (Wildman–Crippen MR) is 62.7 cm³/mol. The minimum Gasteiger partial charge on any atom is -0.380 e. The third kappa shape index (κ3) is 2.13. The lowest BCUT2D eigenvalue weighted by atomic mass is 9.80. The molecule has 0 bridgehead atoms. The third-order valence-electron chi connectivity index (χ3n) is 3.19. The molecule has 0 spiro atoms. The van der Waals surface area contributed by atoms with Crippen LogP contribution in [0.2, 0.25) is 0 Å². The molecule has 0 fully saturated rings. The summed E-state index contributed by atoms with van der Waals surface area (Å²) in [4.78, 5) is 4.98. The molecule has 1 aromatic rings. The summed E-state index contributed by atoms with van der Waals surface area (Å²) >= 11 is 1.53. The molecule has 2 unspecified atom stereocenters. The van der Waals surface area contributed by atoms with Crippen molar-refractivity contribution in [3.63, 3.8) is 0 Å². The van der Waals surface area contributed by atoms with Crippen molar-refractivity contribution in [1.29, 1.82) is 0 Å². The van der Waals surface area contributed by atoms with Crippen molar-refractivity contribution < 1.29 is 5.11 Å². The molecule has 3 heteroatoms. The fourth-order valence-electron chi connectivity index (χ4n) is 2.04. The Hall–Kier alpha value is -0.670.